The summed E-state index contributed by atoms with van der Waals surface area (Å²) in [4.78, 5) is 13.7. The Morgan fingerprint density at radius 1 is 1.52 bits per heavy atom. The number of aromatic nitrogens is 2. The van der Waals surface area contributed by atoms with E-state index in [0.717, 1.165) is 22.6 Å². The highest BCUT2D eigenvalue weighted by Crippen LogP contribution is 2.19. The van der Waals surface area contributed by atoms with E-state index in [1.54, 1.807) is 15.6 Å². The predicted molar refractivity (Wildman–Crippen MR) is 83.7 cm³/mol. The molecule has 0 unspecified atom stereocenters. The predicted octanol–water partition coefficient (Wildman–Crippen LogP) is 2.43. The number of rotatable bonds is 4. The highest BCUT2D eigenvalue weighted by atomic mass is 16.2. The third-order valence-electron chi connectivity index (χ3n) is 3.25. The van der Waals surface area contributed by atoms with Gasteiger partial charge < -0.3 is 4.90 Å². The van der Waals surface area contributed by atoms with Gasteiger partial charge in [0.05, 0.1) is 12.2 Å². The Balaban J connectivity index is 2.36. The van der Waals surface area contributed by atoms with Crippen LogP contribution in [-0.4, -0.2) is 15.7 Å². The summed E-state index contributed by atoms with van der Waals surface area (Å²) in [6.45, 7) is 5.90. The van der Waals surface area contributed by atoms with Crippen LogP contribution in [0.2, 0.25) is 0 Å². The Morgan fingerprint density at radius 2 is 2.29 bits per heavy atom. The summed E-state index contributed by atoms with van der Waals surface area (Å²) in [6.07, 6.45) is 6.70. The van der Waals surface area contributed by atoms with Crippen molar-refractivity contribution < 1.29 is 4.79 Å². The number of anilines is 1. The van der Waals surface area contributed by atoms with Gasteiger partial charge in [0.1, 0.15) is 0 Å². The minimum Gasteiger partial charge on any atom is -0.303 e. The molecule has 4 heteroatoms. The van der Waals surface area contributed by atoms with E-state index in [9.17, 15) is 4.79 Å². The number of terminal acetylenes is 1. The lowest BCUT2D eigenvalue weighted by molar-refractivity contribution is -0.114. The minimum absolute atomic E-state index is 0.188. The zero-order chi connectivity index (χ0) is 15.4. The fourth-order valence-electron chi connectivity index (χ4n) is 2.04. The molecular weight excluding hydrogens is 262 g/mol. The van der Waals surface area contributed by atoms with Gasteiger partial charge in [-0.15, -0.1) is 6.42 Å². The first-order chi connectivity index (χ1) is 10.0. The van der Waals surface area contributed by atoms with Gasteiger partial charge in [-0.1, -0.05) is 18.6 Å². The molecule has 4 nitrogen and oxygen atoms in total. The van der Waals surface area contributed by atoms with Crippen LogP contribution < -0.4 is 4.90 Å². The molecule has 0 aliphatic carbocycles. The van der Waals surface area contributed by atoms with E-state index in [4.69, 9.17) is 6.42 Å². The fraction of sp³-hybridized carbons (Fsp3) is 0.176. The summed E-state index contributed by atoms with van der Waals surface area (Å²) in [5.74, 6) is 2.39. The number of amides is 1. The van der Waals surface area contributed by atoms with E-state index < -0.39 is 0 Å². The number of aryl methyl sites for hydroxylation is 2. The molecule has 1 aromatic carbocycles. The van der Waals surface area contributed by atoms with Crippen LogP contribution in [0, 0.1) is 19.3 Å². The van der Waals surface area contributed by atoms with Crippen molar-refractivity contribution in [3.63, 3.8) is 0 Å². The lowest BCUT2D eigenvalue weighted by Crippen LogP contribution is -2.28. The van der Waals surface area contributed by atoms with Crippen LogP contribution in [0.15, 0.2) is 43.0 Å². The van der Waals surface area contributed by atoms with Crippen LogP contribution in [0.4, 0.5) is 5.69 Å². The number of carbonyl (C=O) groups excluding carboxylic acids is 1. The molecule has 0 spiro atoms. The Hall–Kier alpha value is -2.80. The number of benzene rings is 1. The highest BCUT2D eigenvalue weighted by molar-refractivity contribution is 6.01. The van der Waals surface area contributed by atoms with E-state index in [1.165, 1.54) is 6.08 Å². The van der Waals surface area contributed by atoms with Gasteiger partial charge in [0, 0.05) is 24.0 Å². The second-order valence-corrected chi connectivity index (χ2v) is 4.72. The van der Waals surface area contributed by atoms with Crippen molar-refractivity contribution in [2.45, 2.75) is 13.5 Å². The second kappa shape index (κ2) is 6.10. The van der Waals surface area contributed by atoms with E-state index in [2.05, 4.69) is 17.6 Å². The normalized spacial score (nSPS) is 9.95. The van der Waals surface area contributed by atoms with Gasteiger partial charge in [-0.25, -0.2) is 0 Å². The van der Waals surface area contributed by atoms with Crippen molar-refractivity contribution in [1.82, 2.24) is 9.78 Å². The van der Waals surface area contributed by atoms with Gasteiger partial charge in [0.2, 0.25) is 0 Å². The molecular formula is C17H17N3O. The van der Waals surface area contributed by atoms with Crippen LogP contribution in [0.5, 0.6) is 0 Å². The third-order valence-corrected chi connectivity index (χ3v) is 3.25. The average molecular weight is 279 g/mol. The van der Waals surface area contributed by atoms with E-state index in [0.29, 0.717) is 6.54 Å². The first kappa shape index (κ1) is 14.6. The smallest absolute Gasteiger partial charge is 0.250 e. The molecule has 2 aromatic rings. The van der Waals surface area contributed by atoms with Crippen molar-refractivity contribution in [2.24, 2.45) is 7.05 Å². The van der Waals surface area contributed by atoms with Crippen molar-refractivity contribution in [1.29, 1.82) is 0 Å². The molecule has 0 radical (unpaired) electrons. The molecule has 0 N–H and O–H groups in total. The summed E-state index contributed by atoms with van der Waals surface area (Å²) >= 11 is 0. The second-order valence-electron chi connectivity index (χ2n) is 4.72. The quantitative estimate of drug-likeness (QED) is 0.637. The van der Waals surface area contributed by atoms with Gasteiger partial charge >= 0.3 is 0 Å². The van der Waals surface area contributed by atoms with Crippen molar-refractivity contribution >= 4 is 11.6 Å². The molecule has 0 aliphatic rings. The van der Waals surface area contributed by atoms with E-state index >= 15 is 0 Å². The van der Waals surface area contributed by atoms with Crippen molar-refractivity contribution in [2.75, 3.05) is 4.90 Å². The molecule has 1 amide bonds. The Bertz CT molecular complexity index is 702. The highest BCUT2D eigenvalue weighted by Gasteiger charge is 2.15. The molecule has 0 bridgehead atoms. The van der Waals surface area contributed by atoms with Crippen molar-refractivity contribution in [3.05, 3.63) is 59.9 Å². The third kappa shape index (κ3) is 3.21. The van der Waals surface area contributed by atoms with Crippen LogP contribution in [0.3, 0.4) is 0 Å². The first-order valence-corrected chi connectivity index (χ1v) is 6.55. The van der Waals surface area contributed by atoms with Gasteiger partial charge in [-0.2, -0.15) is 5.10 Å². The van der Waals surface area contributed by atoms with Crippen molar-refractivity contribution in [3.8, 4) is 12.3 Å². The first-order valence-electron chi connectivity index (χ1n) is 6.55. The van der Waals surface area contributed by atoms with Gasteiger partial charge in [0.15, 0.2) is 0 Å². The Kier molecular flexibility index (Phi) is 4.24. The number of nitrogens with zero attached hydrogens (tertiary/aromatic N) is 3. The molecule has 0 atom stereocenters. The largest absolute Gasteiger partial charge is 0.303 e. The number of carbonyl (C=O) groups is 1. The molecule has 0 aliphatic heterocycles. The van der Waals surface area contributed by atoms with E-state index in [-0.39, 0.29) is 5.91 Å². The number of hydrogen-bond acceptors (Lipinski definition) is 2. The molecule has 106 valence electrons. The summed E-state index contributed by atoms with van der Waals surface area (Å²) in [5.41, 5.74) is 3.31. The molecule has 1 heterocycles. The maximum atomic E-state index is 12.1. The average Bonchev–Trinajstić information content (AvgIpc) is 2.82. The lowest BCUT2D eigenvalue weighted by atomic mass is 10.2. The van der Waals surface area contributed by atoms with Crippen LogP contribution in [-0.2, 0) is 18.4 Å². The fourth-order valence-corrected chi connectivity index (χ4v) is 2.04. The zero-order valence-electron chi connectivity index (χ0n) is 12.2. The maximum absolute atomic E-state index is 12.1. The summed E-state index contributed by atoms with van der Waals surface area (Å²) in [7, 11) is 1.87. The minimum atomic E-state index is -0.188. The topological polar surface area (TPSA) is 38.1 Å². The van der Waals surface area contributed by atoms with E-state index in [1.807, 2.05) is 38.2 Å². The summed E-state index contributed by atoms with van der Waals surface area (Å²) < 4.78 is 1.78. The molecule has 1 aromatic heterocycles. The van der Waals surface area contributed by atoms with Gasteiger partial charge in [-0.05, 0) is 37.3 Å². The molecule has 21 heavy (non-hydrogen) atoms. The SMILES string of the molecule is C#Cc1cccc(N(Cc2cc(C)n(C)n2)C(=O)C=C)c1. The monoisotopic (exact) mass is 279 g/mol. The Labute approximate surface area is 124 Å². The van der Waals surface area contributed by atoms with Crippen LogP contribution in [0.1, 0.15) is 17.0 Å². The summed E-state index contributed by atoms with van der Waals surface area (Å²) in [5, 5.41) is 4.38. The standard InChI is InChI=1S/C17H17N3O/c1-5-14-8-7-9-16(11-14)20(17(21)6-2)12-15-10-13(3)19(4)18-15/h1,6-11H,2,12H2,3-4H3. The number of hydrogen-bond donors (Lipinski definition) is 0. The Morgan fingerprint density at radius 3 is 2.86 bits per heavy atom. The van der Waals surface area contributed by atoms with Gasteiger partial charge in [-0.3, -0.25) is 9.48 Å². The molecule has 2 rings (SSSR count). The molecule has 0 saturated carbocycles. The van der Waals surface area contributed by atoms with Gasteiger partial charge in [0.25, 0.3) is 5.91 Å². The molecule has 0 saturated heterocycles. The zero-order valence-corrected chi connectivity index (χ0v) is 12.2. The van der Waals surface area contributed by atoms with Crippen LogP contribution in [0.25, 0.3) is 0 Å². The molecule has 0 fully saturated rings. The maximum Gasteiger partial charge on any atom is 0.250 e. The summed E-state index contributed by atoms with van der Waals surface area (Å²) in [6, 6.07) is 9.26. The lowest BCUT2D eigenvalue weighted by Gasteiger charge is -2.20. The van der Waals surface area contributed by atoms with Crippen LogP contribution >= 0.6 is 0 Å².